The lowest BCUT2D eigenvalue weighted by Crippen LogP contribution is -1.97. The second-order valence-electron chi connectivity index (χ2n) is 4.55. The predicted octanol–water partition coefficient (Wildman–Crippen LogP) is 4.01. The average molecular weight is 210 g/mol. The zero-order valence-electron chi connectivity index (χ0n) is 10.1. The van der Waals surface area contributed by atoms with E-state index in [-0.39, 0.29) is 0 Å². The number of hydrogen-bond acceptors (Lipinski definition) is 0. The van der Waals surface area contributed by atoms with E-state index in [9.17, 15) is 0 Å². The highest BCUT2D eigenvalue weighted by Gasteiger charge is 2.04. The van der Waals surface area contributed by atoms with Gasteiger partial charge in [-0.05, 0) is 50.3 Å². The van der Waals surface area contributed by atoms with Crippen molar-refractivity contribution < 1.29 is 0 Å². The summed E-state index contributed by atoms with van der Waals surface area (Å²) in [4.78, 5) is 0. The maximum Gasteiger partial charge on any atom is 0.0386 e. The van der Waals surface area contributed by atoms with Crippen LogP contribution < -0.4 is 0 Å². The fourth-order valence-electron chi connectivity index (χ4n) is 1.97. The van der Waals surface area contributed by atoms with Gasteiger partial charge in [0.05, 0.1) is 0 Å². The van der Waals surface area contributed by atoms with Gasteiger partial charge in [0.1, 0.15) is 0 Å². The number of allylic oxidation sites excluding steroid dienone is 2. The summed E-state index contributed by atoms with van der Waals surface area (Å²) in [6, 6.07) is 6.46. The zero-order valence-corrected chi connectivity index (χ0v) is 10.1. The van der Waals surface area contributed by atoms with E-state index < -0.39 is 0 Å². The SMILES string of the molecule is Cc1ccc(C)c(C#C[C@@H]2C=CCCC2)c1. The number of aryl methyl sites for hydroxylation is 2. The first-order valence-corrected chi connectivity index (χ1v) is 6.01. The van der Waals surface area contributed by atoms with Crippen LogP contribution in [0.15, 0.2) is 30.4 Å². The summed E-state index contributed by atoms with van der Waals surface area (Å²) < 4.78 is 0. The van der Waals surface area contributed by atoms with Crippen LogP contribution in [0.25, 0.3) is 0 Å². The lowest BCUT2D eigenvalue weighted by atomic mass is 9.96. The van der Waals surface area contributed by atoms with Crippen molar-refractivity contribution in [3.63, 3.8) is 0 Å². The molecule has 1 aromatic rings. The molecule has 0 fully saturated rings. The molecule has 0 amide bonds. The molecule has 0 aromatic heterocycles. The van der Waals surface area contributed by atoms with Gasteiger partial charge in [-0.25, -0.2) is 0 Å². The van der Waals surface area contributed by atoms with Crippen molar-refractivity contribution >= 4 is 0 Å². The van der Waals surface area contributed by atoms with Crippen molar-refractivity contribution in [2.75, 3.05) is 0 Å². The normalized spacial score (nSPS) is 19.0. The second kappa shape index (κ2) is 5.03. The van der Waals surface area contributed by atoms with Gasteiger partial charge in [0.15, 0.2) is 0 Å². The Morgan fingerprint density at radius 1 is 1.25 bits per heavy atom. The molecule has 1 aromatic carbocycles. The largest absolute Gasteiger partial charge is 0.0903 e. The Morgan fingerprint density at radius 3 is 2.88 bits per heavy atom. The van der Waals surface area contributed by atoms with Gasteiger partial charge in [0, 0.05) is 11.5 Å². The Balaban J connectivity index is 2.19. The average Bonchev–Trinajstić information content (AvgIpc) is 2.32. The van der Waals surface area contributed by atoms with Gasteiger partial charge in [-0.3, -0.25) is 0 Å². The summed E-state index contributed by atoms with van der Waals surface area (Å²) in [7, 11) is 0. The molecule has 16 heavy (non-hydrogen) atoms. The van der Waals surface area contributed by atoms with E-state index in [1.807, 2.05) is 0 Å². The molecule has 0 bridgehead atoms. The monoisotopic (exact) mass is 210 g/mol. The molecule has 1 aliphatic carbocycles. The van der Waals surface area contributed by atoms with E-state index in [4.69, 9.17) is 0 Å². The molecule has 0 saturated carbocycles. The van der Waals surface area contributed by atoms with Crippen LogP contribution in [0, 0.1) is 31.6 Å². The molecule has 0 aliphatic heterocycles. The fourth-order valence-corrected chi connectivity index (χ4v) is 1.97. The van der Waals surface area contributed by atoms with E-state index in [1.54, 1.807) is 0 Å². The van der Waals surface area contributed by atoms with Gasteiger partial charge in [0.2, 0.25) is 0 Å². The minimum absolute atomic E-state index is 0.466. The third kappa shape index (κ3) is 2.76. The van der Waals surface area contributed by atoms with Crippen LogP contribution in [0.1, 0.15) is 36.0 Å². The first-order valence-electron chi connectivity index (χ1n) is 6.01. The molecule has 0 heteroatoms. The molecule has 0 spiro atoms. The zero-order chi connectivity index (χ0) is 11.4. The third-order valence-electron chi connectivity index (χ3n) is 3.04. The lowest BCUT2D eigenvalue weighted by molar-refractivity contribution is 0.645. The third-order valence-corrected chi connectivity index (χ3v) is 3.04. The van der Waals surface area contributed by atoms with E-state index in [0.717, 1.165) is 0 Å². The van der Waals surface area contributed by atoms with E-state index >= 15 is 0 Å². The number of benzene rings is 1. The van der Waals surface area contributed by atoms with Crippen molar-refractivity contribution in [2.24, 2.45) is 5.92 Å². The lowest BCUT2D eigenvalue weighted by Gasteiger charge is -2.09. The standard InChI is InChI=1S/C16H18/c1-13-8-9-14(2)16(12-13)11-10-15-6-4-3-5-7-15/h4,6,8-9,12,15H,3,5,7H2,1-2H3/t15-/m1/s1. The van der Waals surface area contributed by atoms with Gasteiger partial charge in [-0.1, -0.05) is 36.1 Å². The first kappa shape index (κ1) is 11.0. The minimum Gasteiger partial charge on any atom is -0.0903 e. The number of rotatable bonds is 0. The molecule has 0 unspecified atom stereocenters. The second-order valence-corrected chi connectivity index (χ2v) is 4.55. The summed E-state index contributed by atoms with van der Waals surface area (Å²) in [5.74, 6) is 7.16. The Hall–Kier alpha value is -1.48. The van der Waals surface area contributed by atoms with Crippen molar-refractivity contribution in [3.05, 3.63) is 47.0 Å². The van der Waals surface area contributed by atoms with Gasteiger partial charge in [-0.15, -0.1) is 0 Å². The van der Waals surface area contributed by atoms with Crippen molar-refractivity contribution in [2.45, 2.75) is 33.1 Å². The molecule has 0 saturated heterocycles. The summed E-state index contributed by atoms with van der Waals surface area (Å²) in [5, 5.41) is 0. The van der Waals surface area contributed by atoms with Crippen molar-refractivity contribution in [3.8, 4) is 11.8 Å². The van der Waals surface area contributed by atoms with Crippen molar-refractivity contribution in [1.29, 1.82) is 0 Å². The number of hydrogen-bond donors (Lipinski definition) is 0. The molecule has 2 rings (SSSR count). The van der Waals surface area contributed by atoms with Crippen LogP contribution in [0.4, 0.5) is 0 Å². The van der Waals surface area contributed by atoms with Crippen molar-refractivity contribution in [1.82, 2.24) is 0 Å². The molecule has 1 atom stereocenters. The Bertz CT molecular complexity index is 455. The van der Waals surface area contributed by atoms with E-state index in [2.05, 4.69) is 56.0 Å². The Labute approximate surface area is 98.4 Å². The maximum absolute atomic E-state index is 3.37. The van der Waals surface area contributed by atoms with E-state index in [0.29, 0.717) is 5.92 Å². The van der Waals surface area contributed by atoms with Crippen LogP contribution in [-0.2, 0) is 0 Å². The van der Waals surface area contributed by atoms with Gasteiger partial charge < -0.3 is 0 Å². The van der Waals surface area contributed by atoms with Gasteiger partial charge in [0.25, 0.3) is 0 Å². The topological polar surface area (TPSA) is 0 Å². The van der Waals surface area contributed by atoms with Crippen LogP contribution in [-0.4, -0.2) is 0 Å². The summed E-state index contributed by atoms with van der Waals surface area (Å²) in [6.45, 7) is 4.24. The molecule has 0 N–H and O–H groups in total. The molecule has 1 aliphatic rings. The molecule has 82 valence electrons. The van der Waals surface area contributed by atoms with Gasteiger partial charge in [-0.2, -0.15) is 0 Å². The quantitative estimate of drug-likeness (QED) is 0.448. The predicted molar refractivity (Wildman–Crippen MR) is 69.3 cm³/mol. The van der Waals surface area contributed by atoms with Crippen LogP contribution in [0.5, 0.6) is 0 Å². The van der Waals surface area contributed by atoms with Crippen LogP contribution in [0.3, 0.4) is 0 Å². The van der Waals surface area contributed by atoms with Crippen LogP contribution in [0.2, 0.25) is 0 Å². The highest BCUT2D eigenvalue weighted by Crippen LogP contribution is 2.16. The molecule has 0 radical (unpaired) electrons. The Morgan fingerprint density at radius 2 is 2.12 bits per heavy atom. The molecule has 0 nitrogen and oxygen atoms in total. The summed E-state index contributed by atoms with van der Waals surface area (Å²) in [6.07, 6.45) is 8.23. The summed E-state index contributed by atoms with van der Waals surface area (Å²) >= 11 is 0. The fraction of sp³-hybridized carbons (Fsp3) is 0.375. The molecular formula is C16H18. The molecule has 0 heterocycles. The highest BCUT2D eigenvalue weighted by molar-refractivity contribution is 5.43. The maximum atomic E-state index is 3.37. The van der Waals surface area contributed by atoms with E-state index in [1.165, 1.54) is 36.0 Å². The smallest absolute Gasteiger partial charge is 0.0386 e. The minimum atomic E-state index is 0.466. The molecular weight excluding hydrogens is 192 g/mol. The first-order chi connectivity index (χ1) is 7.75. The van der Waals surface area contributed by atoms with Gasteiger partial charge >= 0.3 is 0 Å². The Kier molecular flexibility index (Phi) is 3.47. The highest BCUT2D eigenvalue weighted by atomic mass is 14.1. The van der Waals surface area contributed by atoms with Crippen LogP contribution >= 0.6 is 0 Å². The summed E-state index contributed by atoms with van der Waals surface area (Å²) in [5.41, 5.74) is 3.74.